The van der Waals surface area contributed by atoms with Crippen LogP contribution in [0.2, 0.25) is 0 Å². The average molecular weight is 488 g/mol. The predicted molar refractivity (Wildman–Crippen MR) is 133 cm³/mol. The van der Waals surface area contributed by atoms with Gasteiger partial charge in [-0.2, -0.15) is 4.98 Å². The molecular weight excluding hydrogens is 458 g/mol. The lowest BCUT2D eigenvalue weighted by Gasteiger charge is -2.23. The molecule has 34 heavy (non-hydrogen) atoms. The Morgan fingerprint density at radius 2 is 1.94 bits per heavy atom. The molecule has 10 heteroatoms. The Hall–Kier alpha value is -3.17. The Balaban J connectivity index is 0.00000324. The van der Waals surface area contributed by atoms with Gasteiger partial charge in [0, 0.05) is 25.7 Å². The van der Waals surface area contributed by atoms with E-state index in [0.29, 0.717) is 24.7 Å². The second-order valence-corrected chi connectivity index (χ2v) is 8.57. The highest BCUT2D eigenvalue weighted by Crippen LogP contribution is 2.21. The lowest BCUT2D eigenvalue weighted by atomic mass is 10.1. The molecule has 182 valence electrons. The first kappa shape index (κ1) is 25.5. The largest absolute Gasteiger partial charge is 0.460 e. The van der Waals surface area contributed by atoms with Gasteiger partial charge >= 0.3 is 5.69 Å². The third-order valence-corrected chi connectivity index (χ3v) is 5.80. The number of nitrogens with one attached hydrogen (secondary N) is 1. The number of fused-ring (bicyclic) bond motifs is 1. The van der Waals surface area contributed by atoms with Gasteiger partial charge in [-0.05, 0) is 33.2 Å². The van der Waals surface area contributed by atoms with Crippen LogP contribution >= 0.6 is 12.4 Å². The number of hydrogen-bond acceptors (Lipinski definition) is 6. The van der Waals surface area contributed by atoms with Crippen LogP contribution in [0.1, 0.15) is 37.0 Å². The number of aromatic nitrogens is 4. The van der Waals surface area contributed by atoms with Crippen LogP contribution in [0.4, 0.5) is 0 Å². The van der Waals surface area contributed by atoms with Crippen LogP contribution in [-0.4, -0.2) is 43.7 Å². The van der Waals surface area contributed by atoms with Gasteiger partial charge in [0.15, 0.2) is 16.9 Å². The van der Waals surface area contributed by atoms with Gasteiger partial charge in [0.2, 0.25) is 0 Å². The second-order valence-electron chi connectivity index (χ2n) is 8.57. The predicted octanol–water partition coefficient (Wildman–Crippen LogP) is 2.30. The van der Waals surface area contributed by atoms with Crippen molar-refractivity contribution in [3.8, 4) is 6.01 Å². The molecule has 1 aromatic carbocycles. The topological polar surface area (TPSA) is 100 Å². The van der Waals surface area contributed by atoms with E-state index in [-0.39, 0.29) is 42.0 Å². The van der Waals surface area contributed by atoms with Gasteiger partial charge < -0.3 is 10.1 Å². The minimum absolute atomic E-state index is 0. The van der Waals surface area contributed by atoms with Crippen molar-refractivity contribution in [3.05, 3.63) is 68.4 Å². The van der Waals surface area contributed by atoms with Crippen molar-refractivity contribution < 1.29 is 9.53 Å². The smallest absolute Gasteiger partial charge is 0.332 e. The fourth-order valence-electron chi connectivity index (χ4n) is 3.95. The highest BCUT2D eigenvalue weighted by atomic mass is 35.5. The summed E-state index contributed by atoms with van der Waals surface area (Å²) >= 11 is 0. The number of hydrogen-bond donors (Lipinski definition) is 1. The van der Waals surface area contributed by atoms with Crippen LogP contribution < -0.4 is 21.3 Å². The quantitative estimate of drug-likeness (QED) is 0.405. The first-order valence-corrected chi connectivity index (χ1v) is 11.2. The van der Waals surface area contributed by atoms with E-state index < -0.39 is 11.2 Å². The molecule has 4 rings (SSSR count). The summed E-state index contributed by atoms with van der Waals surface area (Å²) in [7, 11) is 1.55. The normalized spacial score (nSPS) is 15.6. The van der Waals surface area contributed by atoms with Crippen molar-refractivity contribution in [1.29, 1.82) is 0 Å². The van der Waals surface area contributed by atoms with Gasteiger partial charge in [0.05, 0.1) is 6.54 Å². The fourth-order valence-corrected chi connectivity index (χ4v) is 3.95. The van der Waals surface area contributed by atoms with Crippen molar-refractivity contribution >= 4 is 29.4 Å². The third-order valence-electron chi connectivity index (χ3n) is 5.80. The maximum absolute atomic E-state index is 13.5. The van der Waals surface area contributed by atoms with Gasteiger partial charge in [0.25, 0.3) is 11.6 Å². The highest BCUT2D eigenvalue weighted by molar-refractivity contribution is 5.95. The summed E-state index contributed by atoms with van der Waals surface area (Å²) in [4.78, 5) is 43.8. The molecular formula is C24H30ClN5O4. The average Bonchev–Trinajstić information content (AvgIpc) is 3.18. The zero-order chi connectivity index (χ0) is 23.5. The second kappa shape index (κ2) is 10.8. The summed E-state index contributed by atoms with van der Waals surface area (Å²) in [5.41, 5.74) is 0.867. The van der Waals surface area contributed by atoms with Crippen molar-refractivity contribution in [1.82, 2.24) is 24.0 Å². The number of carbonyl (C=O) groups excluding carboxylic acids is 1. The van der Waals surface area contributed by atoms with E-state index in [1.165, 1.54) is 4.57 Å². The van der Waals surface area contributed by atoms with Crippen LogP contribution in [0.5, 0.6) is 6.01 Å². The first-order chi connectivity index (χ1) is 15.9. The zero-order valence-electron chi connectivity index (χ0n) is 19.6. The minimum atomic E-state index is -0.588. The van der Waals surface area contributed by atoms with Crippen LogP contribution in [0.25, 0.3) is 11.2 Å². The number of nitrogens with zero attached hydrogens (tertiary/aromatic N) is 4. The molecule has 3 heterocycles. The monoisotopic (exact) mass is 487 g/mol. The molecule has 9 nitrogen and oxygen atoms in total. The van der Waals surface area contributed by atoms with Gasteiger partial charge in [-0.15, -0.1) is 12.4 Å². The molecule has 1 N–H and O–H groups in total. The molecule has 2 aromatic heterocycles. The van der Waals surface area contributed by atoms with Crippen LogP contribution in [0, 0.1) is 0 Å². The maximum atomic E-state index is 13.5. The minimum Gasteiger partial charge on any atom is -0.460 e. The number of ketones is 1. The van der Waals surface area contributed by atoms with Crippen molar-refractivity contribution in [2.75, 3.05) is 13.1 Å². The molecule has 0 spiro atoms. The maximum Gasteiger partial charge on any atom is 0.332 e. The fraction of sp³-hybridized carbons (Fsp3) is 0.417. The van der Waals surface area contributed by atoms with E-state index in [2.05, 4.69) is 10.3 Å². The van der Waals surface area contributed by atoms with Crippen LogP contribution in [0.15, 0.2) is 51.6 Å². The number of aryl methyl sites for hydroxylation is 1. The van der Waals surface area contributed by atoms with Gasteiger partial charge in [-0.1, -0.05) is 42.0 Å². The van der Waals surface area contributed by atoms with E-state index in [1.54, 1.807) is 41.9 Å². The number of ether oxygens (including phenoxy) is 1. The number of Topliss-reactive ketones (excluding diaryl/α,β-unsaturated/α-hetero) is 1. The molecule has 1 unspecified atom stereocenters. The molecule has 0 aliphatic carbocycles. The highest BCUT2D eigenvalue weighted by Gasteiger charge is 2.24. The molecule has 0 saturated carbocycles. The molecule has 1 aliphatic rings. The zero-order valence-corrected chi connectivity index (χ0v) is 20.4. The van der Waals surface area contributed by atoms with Crippen molar-refractivity contribution in [3.63, 3.8) is 0 Å². The van der Waals surface area contributed by atoms with Crippen LogP contribution in [0.3, 0.4) is 0 Å². The Morgan fingerprint density at radius 1 is 1.21 bits per heavy atom. The van der Waals surface area contributed by atoms with E-state index in [0.717, 1.165) is 29.5 Å². The summed E-state index contributed by atoms with van der Waals surface area (Å²) in [6, 6.07) is 8.93. The molecule has 0 radical (unpaired) electrons. The summed E-state index contributed by atoms with van der Waals surface area (Å²) < 4.78 is 10.2. The number of carbonyl (C=O) groups is 1. The van der Waals surface area contributed by atoms with Gasteiger partial charge in [-0.25, -0.2) is 4.79 Å². The lowest BCUT2D eigenvalue weighted by Crippen LogP contribution is -2.41. The molecule has 0 bridgehead atoms. The number of benzene rings is 1. The van der Waals surface area contributed by atoms with Gasteiger partial charge in [-0.3, -0.25) is 23.3 Å². The molecule has 3 aromatic rings. The number of allylic oxidation sites excluding steroid dienone is 2. The Labute approximate surface area is 203 Å². The van der Waals surface area contributed by atoms with Gasteiger partial charge in [0.1, 0.15) is 6.10 Å². The summed E-state index contributed by atoms with van der Waals surface area (Å²) in [5.74, 6) is -0.311. The van der Waals surface area contributed by atoms with Crippen molar-refractivity contribution in [2.45, 2.75) is 45.9 Å². The van der Waals surface area contributed by atoms with E-state index in [9.17, 15) is 14.4 Å². The van der Waals surface area contributed by atoms with E-state index in [1.807, 2.05) is 19.9 Å². The molecule has 1 atom stereocenters. The first-order valence-electron chi connectivity index (χ1n) is 11.2. The Bertz CT molecular complexity index is 1310. The van der Waals surface area contributed by atoms with E-state index >= 15 is 0 Å². The Kier molecular flexibility index (Phi) is 8.11. The number of halogens is 1. The van der Waals surface area contributed by atoms with E-state index in [4.69, 9.17) is 4.74 Å². The number of piperidine rings is 1. The van der Waals surface area contributed by atoms with Crippen molar-refractivity contribution in [2.24, 2.45) is 7.05 Å². The lowest BCUT2D eigenvalue weighted by molar-refractivity contribution is 0.0969. The molecule has 1 aliphatic heterocycles. The number of imidazole rings is 1. The summed E-state index contributed by atoms with van der Waals surface area (Å²) in [6.07, 6.45) is 3.77. The summed E-state index contributed by atoms with van der Waals surface area (Å²) in [6.45, 7) is 5.61. The molecule has 1 fully saturated rings. The summed E-state index contributed by atoms with van der Waals surface area (Å²) in [5, 5.41) is 3.30. The molecule has 0 amide bonds. The Morgan fingerprint density at radius 3 is 2.59 bits per heavy atom. The molecule has 1 saturated heterocycles. The third kappa shape index (κ3) is 5.15. The SMILES string of the molecule is CC(C)=CCn1c(OC2CCCNC2)nc2c1c(=O)n(CC(=O)c1ccccc1)c(=O)n2C.Cl. The number of rotatable bonds is 7. The van der Waals surface area contributed by atoms with Crippen LogP contribution in [-0.2, 0) is 20.1 Å². The standard InChI is InChI=1S/C24H29N5O4.ClH/c1-16(2)11-13-28-20-21(26-23(28)33-18-10-7-12-25-14-18)27(3)24(32)29(22(20)31)15-19(30)17-8-5-4-6-9-17;/h4-6,8-9,11,18,25H,7,10,12-15H2,1-3H3;1H.